The molecular weight excluding hydrogens is 280 g/mol. The average molecular weight is 292 g/mol. The molecule has 5 heteroatoms. The molecule has 1 saturated carbocycles. The van der Waals surface area contributed by atoms with Crippen molar-refractivity contribution in [3.8, 4) is 5.75 Å². The van der Waals surface area contributed by atoms with E-state index in [0.717, 1.165) is 12.5 Å². The second kappa shape index (κ2) is 3.96. The van der Waals surface area contributed by atoms with Gasteiger partial charge in [0.25, 0.3) is 0 Å². The largest absolute Gasteiger partial charge is 0.495 e. The third-order valence-corrected chi connectivity index (χ3v) is 3.66. The van der Waals surface area contributed by atoms with Crippen LogP contribution in [-0.2, 0) is 5.54 Å². The van der Waals surface area contributed by atoms with Gasteiger partial charge in [-0.1, -0.05) is 0 Å². The Kier molecular flexibility index (Phi) is 2.92. The van der Waals surface area contributed by atoms with Crippen LogP contribution in [0.5, 0.6) is 5.75 Å². The Bertz CT molecular complexity index is 432. The van der Waals surface area contributed by atoms with Crippen LogP contribution in [0, 0.1) is 11.6 Å². The molecule has 0 aliphatic heterocycles. The monoisotopic (exact) mass is 291 g/mol. The maximum absolute atomic E-state index is 13.8. The molecular formula is C11H12BrF2NO. The second-order valence-electron chi connectivity index (χ2n) is 4.07. The van der Waals surface area contributed by atoms with Crippen LogP contribution in [0.4, 0.5) is 8.78 Å². The van der Waals surface area contributed by atoms with Gasteiger partial charge in [-0.25, -0.2) is 8.78 Å². The van der Waals surface area contributed by atoms with Gasteiger partial charge in [0.15, 0.2) is 11.6 Å². The van der Waals surface area contributed by atoms with Gasteiger partial charge >= 0.3 is 0 Å². The molecule has 1 aromatic rings. The van der Waals surface area contributed by atoms with E-state index in [0.29, 0.717) is 23.1 Å². The molecule has 2 nitrogen and oxygen atoms in total. The summed E-state index contributed by atoms with van der Waals surface area (Å²) in [6.45, 7) is 0. The van der Waals surface area contributed by atoms with Crippen molar-refractivity contribution < 1.29 is 13.5 Å². The zero-order chi connectivity index (χ0) is 11.9. The van der Waals surface area contributed by atoms with E-state index in [1.165, 1.54) is 7.11 Å². The minimum atomic E-state index is -0.903. The minimum absolute atomic E-state index is 0.146. The van der Waals surface area contributed by atoms with E-state index < -0.39 is 17.2 Å². The van der Waals surface area contributed by atoms with E-state index in [4.69, 9.17) is 10.5 Å². The summed E-state index contributed by atoms with van der Waals surface area (Å²) in [5.74, 6) is -1.51. The molecule has 0 atom stereocenters. The lowest BCUT2D eigenvalue weighted by molar-refractivity contribution is 0.231. The van der Waals surface area contributed by atoms with E-state index in [1.54, 1.807) is 0 Å². The van der Waals surface area contributed by atoms with Gasteiger partial charge in [-0.05, 0) is 41.3 Å². The quantitative estimate of drug-likeness (QED) is 0.850. The topological polar surface area (TPSA) is 35.2 Å². The second-order valence-corrected chi connectivity index (χ2v) is 4.93. The lowest BCUT2D eigenvalue weighted by Crippen LogP contribution is -2.44. The molecule has 0 bridgehead atoms. The van der Waals surface area contributed by atoms with E-state index in [9.17, 15) is 8.78 Å². The molecule has 0 saturated heterocycles. The van der Waals surface area contributed by atoms with Crippen molar-refractivity contribution in [2.75, 3.05) is 7.11 Å². The summed E-state index contributed by atoms with van der Waals surface area (Å²) < 4.78 is 32.6. The third-order valence-electron chi connectivity index (χ3n) is 3.07. The van der Waals surface area contributed by atoms with Gasteiger partial charge in [0, 0.05) is 5.54 Å². The van der Waals surface area contributed by atoms with E-state index in [2.05, 4.69) is 15.9 Å². The summed E-state index contributed by atoms with van der Waals surface area (Å²) >= 11 is 3.15. The molecule has 88 valence electrons. The Morgan fingerprint density at radius 2 is 2.06 bits per heavy atom. The van der Waals surface area contributed by atoms with Crippen LogP contribution in [0.1, 0.15) is 24.8 Å². The Hall–Kier alpha value is -0.680. The van der Waals surface area contributed by atoms with Gasteiger partial charge < -0.3 is 10.5 Å². The van der Waals surface area contributed by atoms with Crippen molar-refractivity contribution in [2.24, 2.45) is 5.73 Å². The summed E-state index contributed by atoms with van der Waals surface area (Å²) in [6, 6.07) is 1.06. The van der Waals surface area contributed by atoms with Gasteiger partial charge in [0.1, 0.15) is 5.75 Å². The molecule has 1 aromatic carbocycles. The predicted molar refractivity (Wildman–Crippen MR) is 60.3 cm³/mol. The van der Waals surface area contributed by atoms with Crippen LogP contribution in [0.2, 0.25) is 0 Å². The first-order valence-electron chi connectivity index (χ1n) is 5.00. The smallest absolute Gasteiger partial charge is 0.167 e. The summed E-state index contributed by atoms with van der Waals surface area (Å²) in [5.41, 5.74) is 5.39. The first-order valence-corrected chi connectivity index (χ1v) is 5.80. The maximum Gasteiger partial charge on any atom is 0.167 e. The van der Waals surface area contributed by atoms with Crippen LogP contribution >= 0.6 is 15.9 Å². The molecule has 2 rings (SSSR count). The van der Waals surface area contributed by atoms with Crippen molar-refractivity contribution in [1.82, 2.24) is 0 Å². The number of halogens is 3. The van der Waals surface area contributed by atoms with Crippen molar-refractivity contribution in [2.45, 2.75) is 24.8 Å². The Morgan fingerprint density at radius 3 is 2.50 bits per heavy atom. The SMILES string of the molecule is COc1c(Br)cc(F)c(F)c1C1(N)CCC1. The first-order chi connectivity index (χ1) is 7.49. The highest BCUT2D eigenvalue weighted by Gasteiger charge is 2.40. The van der Waals surface area contributed by atoms with Crippen molar-refractivity contribution >= 4 is 15.9 Å². The van der Waals surface area contributed by atoms with Crippen molar-refractivity contribution in [3.63, 3.8) is 0 Å². The van der Waals surface area contributed by atoms with Gasteiger partial charge in [0.05, 0.1) is 17.1 Å². The minimum Gasteiger partial charge on any atom is -0.495 e. The van der Waals surface area contributed by atoms with Gasteiger partial charge in [-0.15, -0.1) is 0 Å². The van der Waals surface area contributed by atoms with Crippen LogP contribution in [0.15, 0.2) is 10.5 Å². The third kappa shape index (κ3) is 1.62. The standard InChI is InChI=1S/C11H12BrF2NO/c1-16-10-6(12)5-7(13)9(14)8(10)11(15)3-2-4-11/h5H,2-4,15H2,1H3. The molecule has 1 fully saturated rings. The van der Waals surface area contributed by atoms with Crippen molar-refractivity contribution in [1.29, 1.82) is 0 Å². The number of hydrogen-bond donors (Lipinski definition) is 1. The van der Waals surface area contributed by atoms with E-state index in [-0.39, 0.29) is 5.56 Å². The Balaban J connectivity index is 2.65. The van der Waals surface area contributed by atoms with Crippen LogP contribution in [0.3, 0.4) is 0 Å². The summed E-state index contributed by atoms with van der Waals surface area (Å²) in [4.78, 5) is 0. The summed E-state index contributed by atoms with van der Waals surface area (Å²) in [7, 11) is 1.42. The number of nitrogens with two attached hydrogens (primary N) is 1. The molecule has 2 N–H and O–H groups in total. The maximum atomic E-state index is 13.8. The summed E-state index contributed by atoms with van der Waals surface area (Å²) in [6.07, 6.45) is 2.22. The summed E-state index contributed by atoms with van der Waals surface area (Å²) in [5, 5.41) is 0. The molecule has 1 aliphatic rings. The highest BCUT2D eigenvalue weighted by atomic mass is 79.9. The normalized spacial score (nSPS) is 18.1. The number of hydrogen-bond acceptors (Lipinski definition) is 2. The highest BCUT2D eigenvalue weighted by Crippen LogP contribution is 2.46. The van der Waals surface area contributed by atoms with E-state index in [1.807, 2.05) is 0 Å². The molecule has 1 aliphatic carbocycles. The Morgan fingerprint density at radius 1 is 1.44 bits per heavy atom. The molecule has 0 amide bonds. The van der Waals surface area contributed by atoms with Crippen molar-refractivity contribution in [3.05, 3.63) is 27.7 Å². The predicted octanol–water partition coefficient (Wildman–Crippen LogP) is 3.07. The van der Waals surface area contributed by atoms with Gasteiger partial charge in [-0.3, -0.25) is 0 Å². The molecule has 16 heavy (non-hydrogen) atoms. The fourth-order valence-electron chi connectivity index (χ4n) is 2.03. The lowest BCUT2D eigenvalue weighted by Gasteiger charge is -2.39. The number of benzene rings is 1. The zero-order valence-electron chi connectivity index (χ0n) is 8.82. The zero-order valence-corrected chi connectivity index (χ0v) is 10.4. The van der Waals surface area contributed by atoms with Gasteiger partial charge in [0.2, 0.25) is 0 Å². The van der Waals surface area contributed by atoms with E-state index >= 15 is 0 Å². The Labute approximate surface area is 101 Å². The molecule has 0 unspecified atom stereocenters. The number of methoxy groups -OCH3 is 1. The van der Waals surface area contributed by atoms with Crippen LogP contribution < -0.4 is 10.5 Å². The average Bonchev–Trinajstić information content (AvgIpc) is 2.19. The molecule has 0 spiro atoms. The molecule has 0 aromatic heterocycles. The van der Waals surface area contributed by atoms with Crippen LogP contribution in [-0.4, -0.2) is 7.11 Å². The number of ether oxygens (including phenoxy) is 1. The molecule has 0 heterocycles. The lowest BCUT2D eigenvalue weighted by atomic mass is 9.72. The van der Waals surface area contributed by atoms with Gasteiger partial charge in [-0.2, -0.15) is 0 Å². The fraction of sp³-hybridized carbons (Fsp3) is 0.455. The highest BCUT2D eigenvalue weighted by molar-refractivity contribution is 9.10. The number of rotatable bonds is 2. The fourth-order valence-corrected chi connectivity index (χ4v) is 2.59. The first kappa shape index (κ1) is 11.8. The molecule has 0 radical (unpaired) electrons. The van der Waals surface area contributed by atoms with Crippen LogP contribution in [0.25, 0.3) is 0 Å².